The van der Waals surface area contributed by atoms with Crippen LogP contribution < -0.4 is 4.74 Å². The molecule has 0 aliphatic heterocycles. The summed E-state index contributed by atoms with van der Waals surface area (Å²) < 4.78 is 12.5. The Bertz CT molecular complexity index is 607. The molecule has 0 unspecified atom stereocenters. The van der Waals surface area contributed by atoms with Gasteiger partial charge >= 0.3 is 5.97 Å². The lowest BCUT2D eigenvalue weighted by molar-refractivity contribution is 0.0518. The second kappa shape index (κ2) is 8.22. The van der Waals surface area contributed by atoms with Crippen molar-refractivity contribution in [1.82, 2.24) is 9.78 Å². The first-order chi connectivity index (χ1) is 10.7. The molecule has 22 heavy (non-hydrogen) atoms. The lowest BCUT2D eigenvalue weighted by Crippen LogP contribution is -2.08. The number of rotatable bonds is 8. The van der Waals surface area contributed by atoms with E-state index in [0.717, 1.165) is 24.2 Å². The molecular weight excluding hydrogens is 280 g/mol. The largest absolute Gasteiger partial charge is 0.493 e. The van der Waals surface area contributed by atoms with E-state index in [1.807, 2.05) is 24.3 Å². The van der Waals surface area contributed by atoms with E-state index in [1.165, 1.54) is 0 Å². The first-order valence-corrected chi connectivity index (χ1v) is 7.65. The molecule has 0 spiro atoms. The quantitative estimate of drug-likeness (QED) is 0.554. The lowest BCUT2D eigenvalue weighted by Gasteiger charge is -2.11. The Labute approximate surface area is 130 Å². The normalized spacial score (nSPS) is 10.5. The number of ether oxygens (including phenoxy) is 2. The number of unbranched alkanes of at least 4 members (excludes halogenated alkanes) is 1. The number of hydrogen-bond acceptors (Lipinski definition) is 4. The Morgan fingerprint density at radius 3 is 2.82 bits per heavy atom. The predicted molar refractivity (Wildman–Crippen MR) is 84.1 cm³/mol. The second-order valence-electron chi connectivity index (χ2n) is 4.93. The Hall–Kier alpha value is -2.30. The van der Waals surface area contributed by atoms with E-state index in [2.05, 4.69) is 12.0 Å². The minimum absolute atomic E-state index is 0.325. The summed E-state index contributed by atoms with van der Waals surface area (Å²) in [4.78, 5) is 11.6. The molecular formula is C17H22N2O3. The average molecular weight is 302 g/mol. The molecule has 0 aliphatic rings. The molecule has 5 heteroatoms. The van der Waals surface area contributed by atoms with Crippen LogP contribution in [0.4, 0.5) is 0 Å². The predicted octanol–water partition coefficient (Wildman–Crippen LogP) is 3.29. The average Bonchev–Trinajstić information content (AvgIpc) is 2.98. The van der Waals surface area contributed by atoms with E-state index < -0.39 is 5.97 Å². The molecule has 2 aromatic rings. The van der Waals surface area contributed by atoms with E-state index in [1.54, 1.807) is 23.9 Å². The van der Waals surface area contributed by atoms with Crippen molar-refractivity contribution in [1.29, 1.82) is 0 Å². The van der Waals surface area contributed by atoms with Gasteiger partial charge in [0.05, 0.1) is 19.8 Å². The maximum absolute atomic E-state index is 11.6. The minimum Gasteiger partial charge on any atom is -0.493 e. The number of aromatic nitrogens is 2. The molecule has 1 heterocycles. The highest BCUT2D eigenvalue weighted by Crippen LogP contribution is 2.19. The molecule has 0 N–H and O–H groups in total. The highest BCUT2D eigenvalue weighted by atomic mass is 16.5. The number of benzene rings is 1. The zero-order valence-corrected chi connectivity index (χ0v) is 13.1. The Kier molecular flexibility index (Phi) is 6.01. The maximum Gasteiger partial charge on any atom is 0.358 e. The van der Waals surface area contributed by atoms with Gasteiger partial charge in [0.15, 0.2) is 5.69 Å². The van der Waals surface area contributed by atoms with Gasteiger partial charge < -0.3 is 9.47 Å². The van der Waals surface area contributed by atoms with Crippen molar-refractivity contribution in [2.24, 2.45) is 0 Å². The van der Waals surface area contributed by atoms with Crippen LogP contribution in [0.2, 0.25) is 0 Å². The third-order valence-corrected chi connectivity index (χ3v) is 3.19. The van der Waals surface area contributed by atoms with Gasteiger partial charge in [0, 0.05) is 11.8 Å². The summed E-state index contributed by atoms with van der Waals surface area (Å²) in [5, 5.41) is 4.25. The van der Waals surface area contributed by atoms with Crippen molar-refractivity contribution in [3.8, 4) is 5.75 Å². The summed E-state index contributed by atoms with van der Waals surface area (Å²) in [6.07, 6.45) is 3.91. The molecule has 0 amide bonds. The molecule has 0 radical (unpaired) electrons. The first-order valence-electron chi connectivity index (χ1n) is 7.65. The molecule has 0 bridgehead atoms. The van der Waals surface area contributed by atoms with Crippen LogP contribution in [0, 0.1) is 0 Å². The SMILES string of the molecule is CCCCOc1ccccc1Cn1ccc(C(=O)OCC)n1. The summed E-state index contributed by atoms with van der Waals surface area (Å²) in [7, 11) is 0. The lowest BCUT2D eigenvalue weighted by atomic mass is 10.2. The Morgan fingerprint density at radius 2 is 2.05 bits per heavy atom. The number of hydrogen-bond donors (Lipinski definition) is 0. The zero-order chi connectivity index (χ0) is 15.8. The van der Waals surface area contributed by atoms with Crippen molar-refractivity contribution in [3.05, 3.63) is 47.8 Å². The number of carbonyl (C=O) groups is 1. The highest BCUT2D eigenvalue weighted by molar-refractivity contribution is 5.86. The Balaban J connectivity index is 2.05. The van der Waals surface area contributed by atoms with Crippen LogP contribution in [0.25, 0.3) is 0 Å². The van der Waals surface area contributed by atoms with Crippen LogP contribution in [0.1, 0.15) is 42.7 Å². The van der Waals surface area contributed by atoms with Gasteiger partial charge in [0.25, 0.3) is 0 Å². The van der Waals surface area contributed by atoms with Crippen molar-refractivity contribution in [3.63, 3.8) is 0 Å². The topological polar surface area (TPSA) is 53.4 Å². The molecule has 0 fully saturated rings. The van der Waals surface area contributed by atoms with E-state index in [9.17, 15) is 4.79 Å². The van der Waals surface area contributed by atoms with Crippen LogP contribution in [-0.4, -0.2) is 29.0 Å². The van der Waals surface area contributed by atoms with Crippen molar-refractivity contribution in [2.45, 2.75) is 33.2 Å². The molecule has 118 valence electrons. The van der Waals surface area contributed by atoms with Crippen LogP contribution in [0.3, 0.4) is 0 Å². The van der Waals surface area contributed by atoms with E-state index >= 15 is 0 Å². The molecule has 0 aliphatic carbocycles. The number of nitrogens with zero attached hydrogens (tertiary/aromatic N) is 2. The standard InChI is InChI=1S/C17H22N2O3/c1-3-5-12-22-16-9-7-6-8-14(16)13-19-11-10-15(18-19)17(20)21-4-2/h6-11H,3-5,12-13H2,1-2H3. The van der Waals surface area contributed by atoms with Crippen LogP contribution in [-0.2, 0) is 11.3 Å². The van der Waals surface area contributed by atoms with E-state index in [0.29, 0.717) is 25.5 Å². The smallest absolute Gasteiger partial charge is 0.358 e. The fourth-order valence-electron chi connectivity index (χ4n) is 2.04. The van der Waals surface area contributed by atoms with Gasteiger partial charge in [-0.2, -0.15) is 5.10 Å². The third kappa shape index (κ3) is 4.35. The van der Waals surface area contributed by atoms with Crippen molar-refractivity contribution in [2.75, 3.05) is 13.2 Å². The summed E-state index contributed by atoms with van der Waals surface area (Å²) in [6.45, 7) is 5.52. The van der Waals surface area contributed by atoms with Gasteiger partial charge in [0.2, 0.25) is 0 Å². The van der Waals surface area contributed by atoms with Crippen LogP contribution in [0.15, 0.2) is 36.5 Å². The van der Waals surface area contributed by atoms with Crippen molar-refractivity contribution < 1.29 is 14.3 Å². The molecule has 2 rings (SSSR count). The van der Waals surface area contributed by atoms with Gasteiger partial charge in [0.1, 0.15) is 5.75 Å². The number of para-hydroxylation sites is 1. The summed E-state index contributed by atoms with van der Waals surface area (Å²) in [6, 6.07) is 9.56. The zero-order valence-electron chi connectivity index (χ0n) is 13.1. The summed E-state index contributed by atoms with van der Waals surface area (Å²) in [5.74, 6) is 0.470. The van der Waals surface area contributed by atoms with E-state index in [-0.39, 0.29) is 0 Å². The van der Waals surface area contributed by atoms with Crippen molar-refractivity contribution >= 4 is 5.97 Å². The van der Waals surface area contributed by atoms with Gasteiger partial charge in [-0.05, 0) is 25.5 Å². The molecule has 0 saturated carbocycles. The molecule has 5 nitrogen and oxygen atoms in total. The molecule has 1 aromatic carbocycles. The van der Waals surface area contributed by atoms with Gasteiger partial charge in [-0.25, -0.2) is 4.79 Å². The first kappa shape index (κ1) is 16.1. The van der Waals surface area contributed by atoms with Gasteiger partial charge in [-0.15, -0.1) is 0 Å². The molecule has 0 atom stereocenters. The van der Waals surface area contributed by atoms with Crippen LogP contribution >= 0.6 is 0 Å². The number of carbonyl (C=O) groups excluding carboxylic acids is 1. The third-order valence-electron chi connectivity index (χ3n) is 3.19. The fraction of sp³-hybridized carbons (Fsp3) is 0.412. The molecule has 0 saturated heterocycles. The summed E-state index contributed by atoms with van der Waals surface area (Å²) >= 11 is 0. The summed E-state index contributed by atoms with van der Waals surface area (Å²) in [5.41, 5.74) is 1.36. The Morgan fingerprint density at radius 1 is 1.23 bits per heavy atom. The molecule has 1 aromatic heterocycles. The minimum atomic E-state index is -0.395. The fourth-order valence-corrected chi connectivity index (χ4v) is 2.04. The monoisotopic (exact) mass is 302 g/mol. The van der Waals surface area contributed by atoms with Gasteiger partial charge in [-0.3, -0.25) is 4.68 Å². The van der Waals surface area contributed by atoms with Crippen LogP contribution in [0.5, 0.6) is 5.75 Å². The maximum atomic E-state index is 11.6. The number of esters is 1. The van der Waals surface area contributed by atoms with E-state index in [4.69, 9.17) is 9.47 Å². The second-order valence-corrected chi connectivity index (χ2v) is 4.93. The van der Waals surface area contributed by atoms with Gasteiger partial charge in [-0.1, -0.05) is 31.5 Å². The highest BCUT2D eigenvalue weighted by Gasteiger charge is 2.11.